The van der Waals surface area contributed by atoms with Gasteiger partial charge in [0.15, 0.2) is 0 Å². The van der Waals surface area contributed by atoms with Crippen molar-refractivity contribution in [2.75, 3.05) is 35.3 Å². The van der Waals surface area contributed by atoms with Crippen molar-refractivity contribution in [3.63, 3.8) is 0 Å². The van der Waals surface area contributed by atoms with Crippen molar-refractivity contribution in [3.8, 4) is 0 Å². The molecule has 0 radical (unpaired) electrons. The molecule has 0 atom stereocenters. The van der Waals surface area contributed by atoms with Gasteiger partial charge in [-0.2, -0.15) is 0 Å². The zero-order valence-corrected chi connectivity index (χ0v) is 24.4. The predicted molar refractivity (Wildman–Crippen MR) is 136 cm³/mol. The Kier molecular flexibility index (Phi) is 11.9. The van der Waals surface area contributed by atoms with Gasteiger partial charge >= 0.3 is 57.4 Å². The van der Waals surface area contributed by atoms with E-state index in [4.69, 9.17) is 0 Å². The molecule has 0 aromatic heterocycles. The Bertz CT molecular complexity index is 1320. The molecule has 2 N–H and O–H groups in total. The molecule has 37 heavy (non-hydrogen) atoms. The van der Waals surface area contributed by atoms with Crippen LogP contribution in [0.2, 0.25) is 0 Å². The van der Waals surface area contributed by atoms with Gasteiger partial charge in [-0.1, -0.05) is 48.5 Å². The molecule has 0 saturated heterocycles. The number of amides is 4. The van der Waals surface area contributed by atoms with E-state index < -0.39 is 34.4 Å². The first-order valence-corrected chi connectivity index (χ1v) is 12.4. The molecule has 0 spiro atoms. The standard InChI is InChI=1S/C25H26N4O6S.K/c1-28(21-11-4-2-5-12-21)24(31)17-29(22-13-6-3-7-14-22)23(30)16-26-25(32)27-20-10-8-9-19(15-20)18-36(33,34)35;/h2-15H,16-18H2,1H3,(H2,26,27,32)(H,33,34,35);/q;+1/p-1. The first-order valence-electron chi connectivity index (χ1n) is 10.9. The maximum Gasteiger partial charge on any atom is 1.00 e. The van der Waals surface area contributed by atoms with E-state index in [2.05, 4.69) is 10.6 Å². The Morgan fingerprint density at radius 3 is 2.03 bits per heavy atom. The van der Waals surface area contributed by atoms with Gasteiger partial charge in [-0.15, -0.1) is 0 Å². The zero-order valence-electron chi connectivity index (χ0n) is 20.5. The first kappa shape index (κ1) is 30.6. The summed E-state index contributed by atoms with van der Waals surface area (Å²) in [6, 6.07) is 22.7. The van der Waals surface area contributed by atoms with Crippen LogP contribution in [-0.2, 0) is 25.5 Å². The van der Waals surface area contributed by atoms with E-state index in [1.165, 1.54) is 34.1 Å². The van der Waals surface area contributed by atoms with Crippen LogP contribution < -0.4 is 71.8 Å². The molecule has 4 amide bonds. The summed E-state index contributed by atoms with van der Waals surface area (Å²) in [4.78, 5) is 41.0. The molecular weight excluding hydrogens is 523 g/mol. The van der Waals surface area contributed by atoms with Crippen LogP contribution in [0.4, 0.5) is 21.9 Å². The maximum absolute atomic E-state index is 13.0. The van der Waals surface area contributed by atoms with Crippen LogP contribution >= 0.6 is 0 Å². The molecule has 0 aliphatic rings. The van der Waals surface area contributed by atoms with E-state index >= 15 is 0 Å². The molecule has 0 saturated carbocycles. The number of urea groups is 1. The zero-order chi connectivity index (χ0) is 26.1. The molecule has 12 heteroatoms. The molecular formula is C25H25KN4O6S. The van der Waals surface area contributed by atoms with Crippen molar-refractivity contribution in [3.05, 3.63) is 90.5 Å². The number of hydrogen-bond acceptors (Lipinski definition) is 6. The Morgan fingerprint density at radius 2 is 1.43 bits per heavy atom. The normalized spacial score (nSPS) is 10.5. The third-order valence-electron chi connectivity index (χ3n) is 5.11. The van der Waals surface area contributed by atoms with Gasteiger partial charge < -0.3 is 25.0 Å². The first-order chi connectivity index (χ1) is 17.1. The Balaban J connectivity index is 0.00000481. The fraction of sp³-hybridized carbons (Fsp3) is 0.160. The van der Waals surface area contributed by atoms with Gasteiger partial charge in [-0.25, -0.2) is 13.2 Å². The molecule has 188 valence electrons. The summed E-state index contributed by atoms with van der Waals surface area (Å²) in [5.41, 5.74) is 1.63. The average molecular weight is 549 g/mol. The van der Waals surface area contributed by atoms with Crippen LogP contribution in [0, 0.1) is 0 Å². The Hall–Kier alpha value is -2.58. The number of nitrogens with one attached hydrogen (secondary N) is 2. The van der Waals surface area contributed by atoms with Crippen LogP contribution in [-0.4, -0.2) is 51.0 Å². The van der Waals surface area contributed by atoms with E-state index in [1.807, 2.05) is 6.07 Å². The number of likely N-dealkylation sites (N-methyl/N-ethyl adjacent to an activating group) is 1. The molecule has 0 aliphatic heterocycles. The SMILES string of the molecule is CN(C(=O)CN(C(=O)CNC(=O)Nc1cccc(CS(=O)(=O)[O-])c1)c1ccccc1)c1ccccc1.[K+]. The summed E-state index contributed by atoms with van der Waals surface area (Å²) in [5.74, 6) is -1.55. The molecule has 3 aromatic carbocycles. The molecule has 3 rings (SSSR count). The number of nitrogens with zero attached hydrogens (tertiary/aromatic N) is 2. The van der Waals surface area contributed by atoms with Crippen LogP contribution in [0.3, 0.4) is 0 Å². The van der Waals surface area contributed by atoms with Crippen LogP contribution in [0.5, 0.6) is 0 Å². The van der Waals surface area contributed by atoms with Gasteiger partial charge in [-0.05, 0) is 42.0 Å². The molecule has 0 heterocycles. The third kappa shape index (κ3) is 10.0. The van der Waals surface area contributed by atoms with Gasteiger partial charge in [0.25, 0.3) is 0 Å². The fourth-order valence-corrected chi connectivity index (χ4v) is 3.93. The minimum Gasteiger partial charge on any atom is -0.748 e. The second kappa shape index (κ2) is 14.4. The molecule has 0 bridgehead atoms. The second-order valence-corrected chi connectivity index (χ2v) is 9.22. The smallest absolute Gasteiger partial charge is 0.748 e. The topological polar surface area (TPSA) is 139 Å². The monoisotopic (exact) mass is 548 g/mol. The van der Waals surface area contributed by atoms with Crippen molar-refractivity contribution in [1.82, 2.24) is 5.32 Å². The van der Waals surface area contributed by atoms with E-state index in [9.17, 15) is 27.4 Å². The minimum atomic E-state index is -4.47. The molecule has 10 nitrogen and oxygen atoms in total. The van der Waals surface area contributed by atoms with Crippen molar-refractivity contribution in [2.45, 2.75) is 5.75 Å². The van der Waals surface area contributed by atoms with Gasteiger partial charge in [-0.3, -0.25) is 9.59 Å². The summed E-state index contributed by atoms with van der Waals surface area (Å²) in [6.07, 6.45) is 0. The molecule has 0 unspecified atom stereocenters. The molecule has 0 fully saturated rings. The van der Waals surface area contributed by atoms with Gasteiger partial charge in [0.1, 0.15) is 6.54 Å². The van der Waals surface area contributed by atoms with E-state index in [1.54, 1.807) is 61.6 Å². The number of carbonyl (C=O) groups is 3. The Morgan fingerprint density at radius 1 is 0.838 bits per heavy atom. The maximum atomic E-state index is 13.0. The van der Waals surface area contributed by atoms with Gasteiger partial charge in [0.05, 0.1) is 22.4 Å². The largest absolute Gasteiger partial charge is 1.00 e. The van der Waals surface area contributed by atoms with E-state index in [0.29, 0.717) is 11.4 Å². The third-order valence-corrected chi connectivity index (χ3v) is 5.80. The number of benzene rings is 3. The summed E-state index contributed by atoms with van der Waals surface area (Å²) >= 11 is 0. The number of anilines is 3. The number of rotatable bonds is 9. The number of hydrogen-bond donors (Lipinski definition) is 2. The fourth-order valence-electron chi connectivity index (χ4n) is 3.34. The van der Waals surface area contributed by atoms with Gasteiger partial charge in [0, 0.05) is 24.1 Å². The van der Waals surface area contributed by atoms with Gasteiger partial charge in [0.2, 0.25) is 11.8 Å². The van der Waals surface area contributed by atoms with E-state index in [0.717, 1.165) is 0 Å². The Labute approximate surface area is 258 Å². The summed E-state index contributed by atoms with van der Waals surface area (Å²) < 4.78 is 32.9. The predicted octanol–water partition coefficient (Wildman–Crippen LogP) is -0.446. The minimum absolute atomic E-state index is 0. The van der Waals surface area contributed by atoms with Crippen molar-refractivity contribution in [2.24, 2.45) is 0 Å². The number of carbonyl (C=O) groups excluding carboxylic acids is 3. The molecule has 3 aromatic rings. The average Bonchev–Trinajstić information content (AvgIpc) is 2.85. The quantitative estimate of drug-likeness (QED) is 0.274. The summed E-state index contributed by atoms with van der Waals surface area (Å²) in [6.45, 7) is -0.652. The molecule has 0 aliphatic carbocycles. The van der Waals surface area contributed by atoms with Crippen LogP contribution in [0.15, 0.2) is 84.9 Å². The number of para-hydroxylation sites is 2. The van der Waals surface area contributed by atoms with Crippen LogP contribution in [0.25, 0.3) is 0 Å². The van der Waals surface area contributed by atoms with E-state index in [-0.39, 0.29) is 75.1 Å². The van der Waals surface area contributed by atoms with Crippen molar-refractivity contribution >= 4 is 45.0 Å². The van der Waals surface area contributed by atoms with Crippen molar-refractivity contribution < 1.29 is 78.7 Å². The second-order valence-electron chi connectivity index (χ2n) is 7.81. The summed E-state index contributed by atoms with van der Waals surface area (Å²) in [5, 5.41) is 4.93. The summed E-state index contributed by atoms with van der Waals surface area (Å²) in [7, 11) is -2.86. The van der Waals surface area contributed by atoms with Crippen molar-refractivity contribution in [1.29, 1.82) is 0 Å². The van der Waals surface area contributed by atoms with Crippen LogP contribution in [0.1, 0.15) is 5.56 Å².